The van der Waals surface area contributed by atoms with Gasteiger partial charge in [0.05, 0.1) is 0 Å². The van der Waals surface area contributed by atoms with Crippen LogP contribution in [0.2, 0.25) is 0 Å². The molecule has 2 rings (SSSR count). The lowest BCUT2D eigenvalue weighted by Crippen LogP contribution is -1.99. The quantitative estimate of drug-likeness (QED) is 0.730. The third-order valence-electron chi connectivity index (χ3n) is 2.49. The summed E-state index contributed by atoms with van der Waals surface area (Å²) in [7, 11) is 0. The van der Waals surface area contributed by atoms with Gasteiger partial charge in [0.25, 0.3) is 0 Å². The molecule has 0 saturated heterocycles. The topological polar surface area (TPSA) is 12.9 Å². The molecule has 0 radical (unpaired) electrons. The van der Waals surface area contributed by atoms with Crippen LogP contribution in [0.3, 0.4) is 0 Å². The zero-order valence-electron chi connectivity index (χ0n) is 9.23. The lowest BCUT2D eigenvalue weighted by Gasteiger charge is -2.10. The Kier molecular flexibility index (Phi) is 3.58. The molecule has 0 N–H and O–H groups in total. The highest BCUT2D eigenvalue weighted by molar-refractivity contribution is 6.20. The fraction of sp³-hybridized carbons (Fsp3) is 0.214. The van der Waals surface area contributed by atoms with Crippen LogP contribution in [0, 0.1) is 0 Å². The number of benzene rings is 1. The second-order valence-corrected chi connectivity index (χ2v) is 4.63. The minimum atomic E-state index is 0.151. The van der Waals surface area contributed by atoms with Crippen molar-refractivity contribution >= 4 is 11.6 Å². The van der Waals surface area contributed by atoms with Crippen LogP contribution in [0.25, 0.3) is 11.1 Å². The van der Waals surface area contributed by atoms with Gasteiger partial charge in [-0.2, -0.15) is 0 Å². The average molecular weight is 232 g/mol. The second kappa shape index (κ2) is 5.13. The van der Waals surface area contributed by atoms with Crippen molar-refractivity contribution in [2.75, 3.05) is 0 Å². The van der Waals surface area contributed by atoms with E-state index in [1.807, 2.05) is 25.3 Å². The molecule has 0 amide bonds. The summed E-state index contributed by atoms with van der Waals surface area (Å²) in [6.07, 6.45) is 4.56. The van der Waals surface area contributed by atoms with E-state index in [2.05, 4.69) is 29.2 Å². The fourth-order valence-corrected chi connectivity index (χ4v) is 1.97. The monoisotopic (exact) mass is 231 g/mol. The number of hydrogen-bond donors (Lipinski definition) is 0. The van der Waals surface area contributed by atoms with Gasteiger partial charge in [0.15, 0.2) is 0 Å². The normalized spacial score (nSPS) is 12.4. The van der Waals surface area contributed by atoms with Gasteiger partial charge in [0.2, 0.25) is 0 Å². The molecule has 0 aliphatic rings. The lowest BCUT2D eigenvalue weighted by molar-refractivity contribution is 0.933. The van der Waals surface area contributed by atoms with E-state index in [1.54, 1.807) is 6.20 Å². The Morgan fingerprint density at radius 1 is 1.19 bits per heavy atom. The van der Waals surface area contributed by atoms with E-state index in [-0.39, 0.29) is 5.38 Å². The molecule has 1 nitrogen and oxygen atoms in total. The van der Waals surface area contributed by atoms with Gasteiger partial charge in [0.1, 0.15) is 0 Å². The molecule has 1 unspecified atom stereocenters. The van der Waals surface area contributed by atoms with E-state index in [0.717, 1.165) is 12.0 Å². The summed E-state index contributed by atoms with van der Waals surface area (Å²) in [5.74, 6) is 0. The van der Waals surface area contributed by atoms with E-state index in [4.69, 9.17) is 11.6 Å². The lowest BCUT2D eigenvalue weighted by atomic mass is 9.98. The van der Waals surface area contributed by atoms with Gasteiger partial charge in [-0.25, -0.2) is 0 Å². The van der Waals surface area contributed by atoms with Crippen LogP contribution >= 0.6 is 11.6 Å². The molecule has 0 saturated carbocycles. The Labute approximate surface area is 101 Å². The molecule has 1 aromatic carbocycles. The van der Waals surface area contributed by atoms with Gasteiger partial charge in [-0.15, -0.1) is 11.6 Å². The van der Waals surface area contributed by atoms with Crippen LogP contribution in [-0.2, 0) is 6.42 Å². The molecule has 2 aromatic rings. The van der Waals surface area contributed by atoms with Crippen molar-refractivity contribution in [3.8, 4) is 11.1 Å². The van der Waals surface area contributed by atoms with Crippen molar-refractivity contribution < 1.29 is 0 Å². The third kappa shape index (κ3) is 2.61. The first kappa shape index (κ1) is 11.2. The van der Waals surface area contributed by atoms with Crippen LogP contribution in [-0.4, -0.2) is 10.4 Å². The Balaban J connectivity index is 2.41. The maximum absolute atomic E-state index is 6.06. The van der Waals surface area contributed by atoms with E-state index in [9.17, 15) is 0 Å². The van der Waals surface area contributed by atoms with E-state index < -0.39 is 0 Å². The van der Waals surface area contributed by atoms with Gasteiger partial charge >= 0.3 is 0 Å². The summed E-state index contributed by atoms with van der Waals surface area (Å²) >= 11 is 6.06. The van der Waals surface area contributed by atoms with Crippen molar-refractivity contribution in [2.24, 2.45) is 0 Å². The number of pyridine rings is 1. The molecule has 0 fully saturated rings. The molecule has 0 spiro atoms. The van der Waals surface area contributed by atoms with Crippen molar-refractivity contribution in [2.45, 2.75) is 18.7 Å². The minimum absolute atomic E-state index is 0.151. The summed E-state index contributed by atoms with van der Waals surface area (Å²) < 4.78 is 0. The highest BCUT2D eigenvalue weighted by Gasteiger charge is 2.06. The van der Waals surface area contributed by atoms with Crippen LogP contribution in [0.5, 0.6) is 0 Å². The molecular weight excluding hydrogens is 218 g/mol. The molecule has 0 aliphatic carbocycles. The first-order valence-corrected chi connectivity index (χ1v) is 5.83. The zero-order chi connectivity index (χ0) is 11.4. The molecule has 1 heterocycles. The summed E-state index contributed by atoms with van der Waals surface area (Å²) in [5, 5.41) is 0.151. The highest BCUT2D eigenvalue weighted by Crippen LogP contribution is 2.24. The summed E-state index contributed by atoms with van der Waals surface area (Å²) in [4.78, 5) is 4.15. The van der Waals surface area contributed by atoms with E-state index in [1.165, 1.54) is 11.1 Å². The van der Waals surface area contributed by atoms with Gasteiger partial charge < -0.3 is 0 Å². The summed E-state index contributed by atoms with van der Waals surface area (Å²) in [6, 6.07) is 12.4. The SMILES string of the molecule is CC(Cl)Cc1ccccc1-c1cccnc1. The predicted molar refractivity (Wildman–Crippen MR) is 68.7 cm³/mol. The molecule has 0 bridgehead atoms. The highest BCUT2D eigenvalue weighted by atomic mass is 35.5. The number of alkyl halides is 1. The summed E-state index contributed by atoms with van der Waals surface area (Å²) in [6.45, 7) is 2.02. The number of nitrogens with zero attached hydrogens (tertiary/aromatic N) is 1. The Bertz CT molecular complexity index is 451. The Morgan fingerprint density at radius 2 is 2.00 bits per heavy atom. The van der Waals surface area contributed by atoms with Crippen molar-refractivity contribution in [3.63, 3.8) is 0 Å². The summed E-state index contributed by atoms with van der Waals surface area (Å²) in [5.41, 5.74) is 3.65. The largest absolute Gasteiger partial charge is 0.264 e. The zero-order valence-corrected chi connectivity index (χ0v) is 9.98. The van der Waals surface area contributed by atoms with Crippen LogP contribution in [0.4, 0.5) is 0 Å². The van der Waals surface area contributed by atoms with Crippen LogP contribution in [0.15, 0.2) is 48.8 Å². The number of hydrogen-bond acceptors (Lipinski definition) is 1. The number of rotatable bonds is 3. The van der Waals surface area contributed by atoms with Crippen LogP contribution < -0.4 is 0 Å². The van der Waals surface area contributed by atoms with Crippen molar-refractivity contribution in [1.29, 1.82) is 0 Å². The van der Waals surface area contributed by atoms with E-state index >= 15 is 0 Å². The molecule has 1 aromatic heterocycles. The second-order valence-electron chi connectivity index (χ2n) is 3.88. The van der Waals surface area contributed by atoms with Gasteiger partial charge in [0, 0.05) is 23.3 Å². The Morgan fingerprint density at radius 3 is 2.69 bits per heavy atom. The predicted octanol–water partition coefficient (Wildman–Crippen LogP) is 3.92. The minimum Gasteiger partial charge on any atom is -0.264 e. The van der Waals surface area contributed by atoms with Gasteiger partial charge in [-0.05, 0) is 30.5 Å². The first-order valence-electron chi connectivity index (χ1n) is 5.40. The van der Waals surface area contributed by atoms with Crippen molar-refractivity contribution in [3.05, 3.63) is 54.4 Å². The van der Waals surface area contributed by atoms with Crippen molar-refractivity contribution in [1.82, 2.24) is 4.98 Å². The fourth-order valence-electron chi connectivity index (χ4n) is 1.81. The molecule has 1 atom stereocenters. The Hall–Kier alpha value is -1.34. The average Bonchev–Trinajstić information content (AvgIpc) is 2.30. The van der Waals surface area contributed by atoms with Gasteiger partial charge in [-0.1, -0.05) is 30.3 Å². The molecular formula is C14H14ClN. The van der Waals surface area contributed by atoms with Gasteiger partial charge in [-0.3, -0.25) is 4.98 Å². The molecule has 2 heteroatoms. The number of halogens is 1. The maximum atomic E-state index is 6.06. The van der Waals surface area contributed by atoms with E-state index in [0.29, 0.717) is 0 Å². The first-order chi connectivity index (χ1) is 7.77. The molecule has 82 valence electrons. The molecule has 0 aliphatic heterocycles. The van der Waals surface area contributed by atoms with Crippen LogP contribution in [0.1, 0.15) is 12.5 Å². The smallest absolute Gasteiger partial charge is 0.0348 e. The number of aromatic nitrogens is 1. The maximum Gasteiger partial charge on any atom is 0.0348 e. The standard InChI is InChI=1S/C14H14ClN/c1-11(15)9-12-5-2-3-7-14(12)13-6-4-8-16-10-13/h2-8,10-11H,9H2,1H3. The third-order valence-corrected chi connectivity index (χ3v) is 2.65. The molecule has 16 heavy (non-hydrogen) atoms.